The molecule has 0 bridgehead atoms. The van der Waals surface area contributed by atoms with E-state index in [1.165, 1.54) is 0 Å². The van der Waals surface area contributed by atoms with E-state index >= 15 is 4.39 Å². The first kappa shape index (κ1) is 7.01. The van der Waals surface area contributed by atoms with Gasteiger partial charge in [-0.25, -0.2) is 4.39 Å². The number of hydrogen-bond donors (Lipinski definition) is 0. The van der Waals surface area contributed by atoms with E-state index in [0.717, 1.165) is 0 Å². The van der Waals surface area contributed by atoms with Gasteiger partial charge in [-0.05, 0) is 41.4 Å². The van der Waals surface area contributed by atoms with Crippen LogP contribution in [0.4, 0.5) is 4.39 Å². The van der Waals surface area contributed by atoms with Crippen LogP contribution in [0.15, 0.2) is 6.17 Å². The Morgan fingerprint density at radius 2 is 1.89 bits per heavy atom. The van der Waals surface area contributed by atoms with Crippen molar-refractivity contribution in [2.75, 3.05) is 0 Å². The molecule has 1 aliphatic rings. The number of aromatic nitrogens is 1. The summed E-state index contributed by atoms with van der Waals surface area (Å²) in [5, 5.41) is 0. The first-order valence-electron chi connectivity index (χ1n) is 9.05. The van der Waals surface area contributed by atoms with Crippen molar-refractivity contribution in [2.45, 2.75) is 52.6 Å². The van der Waals surface area contributed by atoms with Gasteiger partial charge >= 0.3 is 7.12 Å². The molecule has 3 nitrogen and oxygen atoms in total. The van der Waals surface area contributed by atoms with Crippen LogP contribution in [0.3, 0.4) is 0 Å². The number of rotatable bonds is 1. The first-order chi connectivity index (χ1) is 11.0. The van der Waals surface area contributed by atoms with E-state index < -0.39 is 60.7 Å². The maximum atomic E-state index is 15.0. The molecular formula is C13H19BFNO2. The summed E-state index contributed by atoms with van der Waals surface area (Å²) in [6, 6.07) is 0. The molecule has 0 N–H and O–H groups in total. The van der Waals surface area contributed by atoms with Crippen LogP contribution in [0.2, 0.25) is 0 Å². The molecule has 0 unspecified atom stereocenters. The minimum atomic E-state index is -3.06. The van der Waals surface area contributed by atoms with Gasteiger partial charge in [-0.2, -0.15) is 0 Å². The zero-order valence-electron chi connectivity index (χ0n) is 17.7. The quantitative estimate of drug-likeness (QED) is 0.723. The summed E-state index contributed by atoms with van der Waals surface area (Å²) in [7, 11) is -1.36. The smallest absolute Gasteiger partial charge is 0.399 e. The zero-order valence-corrected chi connectivity index (χ0v) is 10.7. The summed E-state index contributed by atoms with van der Waals surface area (Å²) in [5.41, 5.74) is -4.19. The lowest BCUT2D eigenvalue weighted by Gasteiger charge is -2.32. The van der Waals surface area contributed by atoms with E-state index in [1.54, 1.807) is 27.7 Å². The maximum Gasteiger partial charge on any atom is 0.499 e. The van der Waals surface area contributed by atoms with E-state index in [9.17, 15) is 0 Å². The van der Waals surface area contributed by atoms with E-state index in [4.69, 9.17) is 18.9 Å². The van der Waals surface area contributed by atoms with Crippen molar-refractivity contribution in [1.29, 1.82) is 0 Å². The van der Waals surface area contributed by atoms with Crippen LogP contribution in [-0.2, 0) is 9.31 Å². The average Bonchev–Trinajstić information content (AvgIpc) is 2.53. The molecule has 1 aliphatic heterocycles. The van der Waals surface area contributed by atoms with Crippen LogP contribution < -0.4 is 5.46 Å². The van der Waals surface area contributed by atoms with Crippen molar-refractivity contribution in [3.05, 3.63) is 23.2 Å². The van der Waals surface area contributed by atoms with Crippen molar-refractivity contribution in [3.63, 3.8) is 0 Å². The minimum Gasteiger partial charge on any atom is -0.399 e. The standard InChI is InChI=1S/C13H19BFNO2/c1-8-9(2)16-7-10(11(8)15)14-17-12(3,4)13(5,6)18-14/h7H,1-6H3/i1D3,2D3,7D. The monoisotopic (exact) mass is 258 g/mol. The Bertz CT molecular complexity index is 687. The van der Waals surface area contributed by atoms with E-state index in [-0.39, 0.29) is 0 Å². The molecule has 0 aliphatic carbocycles. The predicted molar refractivity (Wildman–Crippen MR) is 69.4 cm³/mol. The van der Waals surface area contributed by atoms with E-state index in [0.29, 0.717) is 0 Å². The summed E-state index contributed by atoms with van der Waals surface area (Å²) in [5.74, 6) is -1.36. The maximum absolute atomic E-state index is 15.0. The van der Waals surface area contributed by atoms with Gasteiger partial charge in [-0.3, -0.25) is 4.98 Å². The third-order valence-electron chi connectivity index (χ3n) is 3.47. The van der Waals surface area contributed by atoms with E-state index in [2.05, 4.69) is 4.98 Å². The van der Waals surface area contributed by atoms with Crippen LogP contribution in [-0.4, -0.2) is 23.3 Å². The van der Waals surface area contributed by atoms with Crippen LogP contribution in [0, 0.1) is 19.5 Å². The van der Waals surface area contributed by atoms with Gasteiger partial charge in [-0.1, -0.05) is 0 Å². The molecule has 5 heteroatoms. The van der Waals surface area contributed by atoms with Gasteiger partial charge in [-0.15, -0.1) is 0 Å². The van der Waals surface area contributed by atoms with Gasteiger partial charge in [0.05, 0.1) is 12.6 Å². The van der Waals surface area contributed by atoms with Crippen LogP contribution in [0.5, 0.6) is 0 Å². The Balaban J connectivity index is 2.71. The van der Waals surface area contributed by atoms with Crippen molar-refractivity contribution in [1.82, 2.24) is 4.98 Å². The number of pyridine rings is 1. The fourth-order valence-corrected chi connectivity index (χ4v) is 1.58. The molecule has 0 saturated carbocycles. The second-order valence-corrected chi connectivity index (χ2v) is 5.26. The van der Waals surface area contributed by atoms with Crippen molar-refractivity contribution < 1.29 is 23.3 Å². The highest BCUT2D eigenvalue weighted by Gasteiger charge is 2.52. The summed E-state index contributed by atoms with van der Waals surface area (Å²) < 4.78 is 78.9. The Morgan fingerprint density at radius 3 is 2.39 bits per heavy atom. The molecule has 1 saturated heterocycles. The third-order valence-corrected chi connectivity index (χ3v) is 3.47. The minimum absolute atomic E-state index is 0.516. The first-order valence-corrected chi connectivity index (χ1v) is 5.55. The van der Waals surface area contributed by atoms with E-state index in [1.807, 2.05) is 0 Å². The van der Waals surface area contributed by atoms with Gasteiger partial charge in [0, 0.05) is 31.1 Å². The normalized spacial score (nSPS) is 28.5. The van der Waals surface area contributed by atoms with Gasteiger partial charge in [0.15, 0.2) is 0 Å². The highest BCUT2D eigenvalue weighted by atomic mass is 19.1. The topological polar surface area (TPSA) is 31.4 Å². The van der Waals surface area contributed by atoms with Crippen molar-refractivity contribution >= 4 is 12.6 Å². The van der Waals surface area contributed by atoms with Crippen LogP contribution >= 0.6 is 0 Å². The summed E-state index contributed by atoms with van der Waals surface area (Å²) in [6.07, 6.45) is -0.727. The molecular weight excluding hydrogens is 232 g/mol. The summed E-state index contributed by atoms with van der Waals surface area (Å²) in [4.78, 5) is 3.56. The zero-order chi connectivity index (χ0) is 19.6. The van der Waals surface area contributed by atoms with Crippen LogP contribution in [0.25, 0.3) is 0 Å². The van der Waals surface area contributed by atoms with Crippen molar-refractivity contribution in [3.8, 4) is 0 Å². The lowest BCUT2D eigenvalue weighted by molar-refractivity contribution is 0.00578. The fraction of sp³-hybridized carbons (Fsp3) is 0.615. The molecule has 18 heavy (non-hydrogen) atoms. The lowest BCUT2D eigenvalue weighted by Crippen LogP contribution is -2.41. The molecule has 1 aromatic rings. The third kappa shape index (κ3) is 1.95. The highest BCUT2D eigenvalue weighted by molar-refractivity contribution is 6.62. The molecule has 1 aromatic heterocycles. The molecule has 0 radical (unpaired) electrons. The molecule has 0 atom stereocenters. The van der Waals surface area contributed by atoms with Gasteiger partial charge in [0.1, 0.15) is 5.82 Å². The Labute approximate surface area is 118 Å². The highest BCUT2D eigenvalue weighted by Crippen LogP contribution is 2.36. The van der Waals surface area contributed by atoms with Crippen LogP contribution in [0.1, 0.15) is 48.5 Å². The Kier molecular flexibility index (Phi) is 1.57. The number of hydrogen-bond acceptors (Lipinski definition) is 3. The molecule has 0 amide bonds. The largest absolute Gasteiger partial charge is 0.499 e. The Morgan fingerprint density at radius 1 is 1.28 bits per heavy atom. The second-order valence-electron chi connectivity index (χ2n) is 5.26. The Hall–Kier alpha value is -0.935. The van der Waals surface area contributed by atoms with Crippen molar-refractivity contribution in [2.24, 2.45) is 0 Å². The van der Waals surface area contributed by atoms with Gasteiger partial charge in [0.2, 0.25) is 0 Å². The second kappa shape index (κ2) is 4.03. The SMILES string of the molecule is [2H]c1nc(C([2H])([2H])[2H])c(C([2H])([2H])[2H])c(F)c1B1OC(C)(C)C(C)(C)O1. The number of nitrogens with zero attached hydrogens (tertiary/aromatic N) is 1. The number of halogens is 1. The lowest BCUT2D eigenvalue weighted by atomic mass is 9.79. The molecule has 0 aromatic carbocycles. The predicted octanol–water partition coefficient (Wildman–Crippen LogP) is 2.14. The molecule has 0 spiro atoms. The summed E-state index contributed by atoms with van der Waals surface area (Å²) in [6.45, 7) is 0.807. The molecule has 2 heterocycles. The molecule has 98 valence electrons. The fourth-order valence-electron chi connectivity index (χ4n) is 1.58. The summed E-state index contributed by atoms with van der Waals surface area (Å²) >= 11 is 0. The van der Waals surface area contributed by atoms with Gasteiger partial charge in [0.25, 0.3) is 0 Å². The number of aryl methyl sites for hydroxylation is 1. The molecule has 2 rings (SSSR count). The molecule has 1 fully saturated rings. The average molecular weight is 258 g/mol. The van der Waals surface area contributed by atoms with Gasteiger partial charge < -0.3 is 9.31 Å².